The number of nitrogens with one attached hydrogen (secondary N) is 2. The van der Waals surface area contributed by atoms with Crippen molar-refractivity contribution in [2.45, 2.75) is 45.1 Å². The van der Waals surface area contributed by atoms with Crippen molar-refractivity contribution in [3.8, 4) is 11.8 Å². The van der Waals surface area contributed by atoms with Crippen molar-refractivity contribution in [1.29, 1.82) is 0 Å². The first-order valence-electron chi connectivity index (χ1n) is 9.51. The molecule has 1 aromatic carbocycles. The van der Waals surface area contributed by atoms with Crippen LogP contribution >= 0.6 is 0 Å². The number of aryl methyl sites for hydroxylation is 1. The number of aliphatic hydroxyl groups excluding tert-OH is 1. The van der Waals surface area contributed by atoms with Crippen LogP contribution in [0.4, 0.5) is 0 Å². The van der Waals surface area contributed by atoms with Gasteiger partial charge in [0.1, 0.15) is 0 Å². The van der Waals surface area contributed by atoms with Gasteiger partial charge < -0.3 is 19.9 Å². The van der Waals surface area contributed by atoms with E-state index >= 15 is 0 Å². The van der Waals surface area contributed by atoms with E-state index in [1.807, 2.05) is 0 Å². The summed E-state index contributed by atoms with van der Waals surface area (Å²) < 4.78 is 2.19. The monoisotopic (exact) mass is 354 g/mol. The van der Waals surface area contributed by atoms with E-state index in [2.05, 4.69) is 70.2 Å². The fourth-order valence-electron chi connectivity index (χ4n) is 3.56. The lowest BCUT2D eigenvalue weighted by Crippen LogP contribution is -2.40. The lowest BCUT2D eigenvalue weighted by Gasteiger charge is -2.29. The van der Waals surface area contributed by atoms with Gasteiger partial charge in [-0.2, -0.15) is 0 Å². The van der Waals surface area contributed by atoms with Crippen molar-refractivity contribution >= 4 is 10.9 Å². The summed E-state index contributed by atoms with van der Waals surface area (Å²) in [6, 6.07) is 9.38. The van der Waals surface area contributed by atoms with E-state index in [4.69, 9.17) is 0 Å². The third-order valence-corrected chi connectivity index (χ3v) is 5.21. The Balaban J connectivity index is 1.74. The summed E-state index contributed by atoms with van der Waals surface area (Å²) in [5.41, 5.74) is 3.44. The van der Waals surface area contributed by atoms with Crippen molar-refractivity contribution in [2.24, 2.45) is 0 Å². The Bertz CT molecular complexity index is 793. The van der Waals surface area contributed by atoms with Gasteiger partial charge in [-0.25, -0.2) is 0 Å². The molecule has 1 aromatic heterocycles. The van der Waals surface area contributed by atoms with Crippen LogP contribution in [0.3, 0.4) is 0 Å². The van der Waals surface area contributed by atoms with Gasteiger partial charge in [0.25, 0.3) is 0 Å². The quantitative estimate of drug-likeness (QED) is 0.565. The molecule has 0 amide bonds. The average molecular weight is 354 g/mol. The van der Waals surface area contributed by atoms with Gasteiger partial charge in [0.2, 0.25) is 0 Å². The summed E-state index contributed by atoms with van der Waals surface area (Å²) in [5.74, 6) is 5.92. The normalized spacial score (nSPS) is 17.2. The maximum atomic E-state index is 9.61. The summed E-state index contributed by atoms with van der Waals surface area (Å²) in [6.45, 7) is 6.24. The molecule has 1 aliphatic rings. The lowest BCUT2D eigenvalue weighted by molar-refractivity contribution is 0.205. The van der Waals surface area contributed by atoms with Gasteiger partial charge in [-0.15, -0.1) is 0 Å². The van der Waals surface area contributed by atoms with E-state index in [9.17, 15) is 5.11 Å². The predicted molar refractivity (Wildman–Crippen MR) is 107 cm³/mol. The number of hydrogen-bond donors (Lipinski definition) is 3. The zero-order chi connectivity index (χ0) is 18.5. The van der Waals surface area contributed by atoms with Gasteiger partial charge in [0, 0.05) is 30.0 Å². The van der Waals surface area contributed by atoms with Crippen molar-refractivity contribution in [1.82, 2.24) is 20.1 Å². The summed E-state index contributed by atoms with van der Waals surface area (Å²) >= 11 is 0. The van der Waals surface area contributed by atoms with Crippen LogP contribution in [-0.4, -0.2) is 54.0 Å². The van der Waals surface area contributed by atoms with Crippen LogP contribution in [0.15, 0.2) is 24.3 Å². The molecule has 3 N–H and O–H groups in total. The average Bonchev–Trinajstić information content (AvgIpc) is 3.02. The molecule has 0 bridgehead atoms. The van der Waals surface area contributed by atoms with Gasteiger partial charge in [-0.1, -0.05) is 6.07 Å². The second-order valence-electron chi connectivity index (χ2n) is 7.09. The van der Waals surface area contributed by atoms with Gasteiger partial charge in [0.05, 0.1) is 5.69 Å². The third-order valence-electron chi connectivity index (χ3n) is 5.21. The highest BCUT2D eigenvalue weighted by atomic mass is 16.3. The number of nitrogens with zero attached hydrogens (tertiary/aromatic N) is 2. The summed E-state index contributed by atoms with van der Waals surface area (Å²) in [5, 5.41) is 17.2. The first-order valence-corrected chi connectivity index (χ1v) is 9.51. The van der Waals surface area contributed by atoms with Crippen molar-refractivity contribution in [2.75, 3.05) is 27.2 Å². The standard InChI is InChI=1S/C21H30N4O/c1-4-25-19(6-8-21(26)22-2)14-17-13-16(5-7-20(17)25)15-23-18-9-11-24(3)12-10-18/h5,7,13-14,18,21-23,26H,4,9-12,15H2,1-3H3. The Kier molecular flexibility index (Phi) is 6.33. The smallest absolute Gasteiger partial charge is 0.168 e. The molecule has 1 unspecified atom stereocenters. The molecule has 2 aromatic rings. The summed E-state index contributed by atoms with van der Waals surface area (Å²) in [7, 11) is 3.89. The third kappa shape index (κ3) is 4.46. The van der Waals surface area contributed by atoms with Crippen molar-refractivity contribution < 1.29 is 5.11 Å². The molecule has 0 aliphatic carbocycles. The molecule has 1 saturated heterocycles. The van der Waals surface area contributed by atoms with Crippen LogP contribution in [0.1, 0.15) is 31.0 Å². The van der Waals surface area contributed by atoms with Crippen LogP contribution in [0.5, 0.6) is 0 Å². The summed E-state index contributed by atoms with van der Waals surface area (Å²) in [4.78, 5) is 2.39. The Morgan fingerprint density at radius 2 is 2.04 bits per heavy atom. The molecule has 3 rings (SSSR count). The van der Waals surface area contributed by atoms with Crippen LogP contribution in [0, 0.1) is 11.8 Å². The van der Waals surface area contributed by atoms with Crippen molar-refractivity contribution in [3.63, 3.8) is 0 Å². The number of piperidine rings is 1. The molecule has 26 heavy (non-hydrogen) atoms. The van der Waals surface area contributed by atoms with E-state index in [1.165, 1.54) is 42.4 Å². The topological polar surface area (TPSA) is 52.5 Å². The van der Waals surface area contributed by atoms with E-state index in [0.29, 0.717) is 6.04 Å². The second-order valence-corrected chi connectivity index (χ2v) is 7.09. The molecule has 1 atom stereocenters. The molecule has 2 heterocycles. The van der Waals surface area contributed by atoms with E-state index in [1.54, 1.807) is 7.05 Å². The molecule has 5 nitrogen and oxygen atoms in total. The second kappa shape index (κ2) is 8.70. The molecule has 0 spiro atoms. The Morgan fingerprint density at radius 3 is 2.73 bits per heavy atom. The molecule has 0 radical (unpaired) electrons. The van der Waals surface area contributed by atoms with Crippen LogP contribution in [-0.2, 0) is 13.1 Å². The van der Waals surface area contributed by atoms with Gasteiger partial charge in [-0.3, -0.25) is 5.32 Å². The van der Waals surface area contributed by atoms with Crippen LogP contribution in [0.2, 0.25) is 0 Å². The Morgan fingerprint density at radius 1 is 1.27 bits per heavy atom. The van der Waals surface area contributed by atoms with Gasteiger partial charge in [-0.05, 0) is 82.6 Å². The SMILES string of the molecule is CCn1c(C#CC(O)NC)cc2cc(CNC3CCN(C)CC3)ccc21. The number of rotatable bonds is 5. The maximum Gasteiger partial charge on any atom is 0.168 e. The minimum Gasteiger partial charge on any atom is -0.367 e. The lowest BCUT2D eigenvalue weighted by atomic mass is 10.0. The van der Waals surface area contributed by atoms with E-state index in [-0.39, 0.29) is 0 Å². The number of hydrogen-bond acceptors (Lipinski definition) is 4. The number of aliphatic hydroxyl groups is 1. The zero-order valence-electron chi connectivity index (χ0n) is 16.0. The number of aromatic nitrogens is 1. The summed E-state index contributed by atoms with van der Waals surface area (Å²) in [6.07, 6.45) is 1.64. The van der Waals surface area contributed by atoms with Gasteiger partial charge >= 0.3 is 0 Å². The van der Waals surface area contributed by atoms with Crippen LogP contribution < -0.4 is 10.6 Å². The number of likely N-dealkylation sites (tertiary alicyclic amines) is 1. The number of benzene rings is 1. The minimum atomic E-state index is -0.799. The highest BCUT2D eigenvalue weighted by Gasteiger charge is 2.16. The highest BCUT2D eigenvalue weighted by molar-refractivity contribution is 5.83. The predicted octanol–water partition coefficient (Wildman–Crippen LogP) is 1.73. The Labute approximate surface area is 156 Å². The fraction of sp³-hybridized carbons (Fsp3) is 0.524. The molecular weight excluding hydrogens is 324 g/mol. The molecule has 140 valence electrons. The zero-order valence-corrected chi connectivity index (χ0v) is 16.0. The molecule has 5 heteroatoms. The Hall–Kier alpha value is -1.84. The van der Waals surface area contributed by atoms with Crippen LogP contribution in [0.25, 0.3) is 10.9 Å². The maximum absolute atomic E-state index is 9.61. The molecule has 1 aliphatic heterocycles. The van der Waals surface area contributed by atoms with E-state index in [0.717, 1.165) is 18.8 Å². The molecule has 0 saturated carbocycles. The largest absolute Gasteiger partial charge is 0.367 e. The molecular formula is C21H30N4O. The molecule has 1 fully saturated rings. The van der Waals surface area contributed by atoms with E-state index < -0.39 is 6.23 Å². The fourth-order valence-corrected chi connectivity index (χ4v) is 3.56. The highest BCUT2D eigenvalue weighted by Crippen LogP contribution is 2.21. The van der Waals surface area contributed by atoms with Gasteiger partial charge in [0.15, 0.2) is 6.23 Å². The van der Waals surface area contributed by atoms with Crippen molar-refractivity contribution in [3.05, 3.63) is 35.5 Å². The first-order chi connectivity index (χ1) is 12.6. The number of fused-ring (bicyclic) bond motifs is 1. The minimum absolute atomic E-state index is 0.617. The first kappa shape index (κ1) is 18.9.